The van der Waals surface area contributed by atoms with Crippen molar-refractivity contribution in [1.29, 1.82) is 5.41 Å². The number of aromatic nitrogens is 2. The molecule has 0 aliphatic carbocycles. The maximum Gasteiger partial charge on any atom is 0.254 e. The van der Waals surface area contributed by atoms with Gasteiger partial charge in [-0.25, -0.2) is 4.98 Å². The van der Waals surface area contributed by atoms with Crippen molar-refractivity contribution >= 4 is 69.5 Å². The number of aliphatic imine (C=N–C) groups is 1. The van der Waals surface area contributed by atoms with Crippen LogP contribution < -0.4 is 22.1 Å². The summed E-state index contributed by atoms with van der Waals surface area (Å²) in [6.45, 7) is 7.71. The van der Waals surface area contributed by atoms with Crippen molar-refractivity contribution in [3.8, 4) is 0 Å². The van der Waals surface area contributed by atoms with Gasteiger partial charge < -0.3 is 31.4 Å². The highest BCUT2D eigenvalue weighted by Crippen LogP contribution is 2.28. The molecule has 12 heteroatoms. The number of furan rings is 1. The van der Waals surface area contributed by atoms with Gasteiger partial charge in [-0.1, -0.05) is 36.2 Å². The first-order chi connectivity index (χ1) is 20.2. The molecule has 0 amide bonds. The highest BCUT2D eigenvalue weighted by molar-refractivity contribution is 6.42. The highest BCUT2D eigenvalue weighted by Gasteiger charge is 2.30. The Morgan fingerprint density at radius 1 is 1.12 bits per heavy atom. The Labute approximate surface area is 254 Å². The summed E-state index contributed by atoms with van der Waals surface area (Å²) in [6, 6.07) is 14.5. The molecule has 2 aromatic heterocycles. The number of likely N-dealkylation sites (tertiary alicyclic amines) is 1. The first-order valence-corrected chi connectivity index (χ1v) is 14.4. The highest BCUT2D eigenvalue weighted by atomic mass is 35.5. The average molecular weight is 607 g/mol. The molecule has 0 radical (unpaired) electrons. The van der Waals surface area contributed by atoms with Crippen LogP contribution in [0.1, 0.15) is 23.9 Å². The second kappa shape index (κ2) is 12.8. The van der Waals surface area contributed by atoms with Gasteiger partial charge in [0.25, 0.3) is 5.95 Å². The van der Waals surface area contributed by atoms with Gasteiger partial charge in [0.05, 0.1) is 10.0 Å². The minimum absolute atomic E-state index is 0.0392. The summed E-state index contributed by atoms with van der Waals surface area (Å²) in [4.78, 5) is 15.8. The van der Waals surface area contributed by atoms with E-state index in [1.807, 2.05) is 37.3 Å². The third kappa shape index (κ3) is 7.20. The van der Waals surface area contributed by atoms with E-state index in [-0.39, 0.29) is 17.7 Å². The number of hydrogen-bond acceptors (Lipinski definition) is 7. The van der Waals surface area contributed by atoms with Gasteiger partial charge in [0, 0.05) is 48.0 Å². The van der Waals surface area contributed by atoms with E-state index in [4.69, 9.17) is 44.5 Å². The van der Waals surface area contributed by atoms with Crippen molar-refractivity contribution in [2.45, 2.75) is 13.8 Å². The topological polar surface area (TPSA) is 154 Å². The Morgan fingerprint density at radius 2 is 1.95 bits per heavy atom. The van der Waals surface area contributed by atoms with Gasteiger partial charge in [-0.2, -0.15) is 9.98 Å². The van der Waals surface area contributed by atoms with Gasteiger partial charge >= 0.3 is 0 Å². The quantitative estimate of drug-likeness (QED) is 0.117. The Morgan fingerprint density at radius 3 is 2.71 bits per heavy atom. The normalized spacial score (nSPS) is 17.8. The molecule has 2 atom stereocenters. The molecule has 1 aliphatic heterocycles. The Balaban J connectivity index is 1.26. The van der Waals surface area contributed by atoms with Crippen LogP contribution in [-0.2, 0) is 0 Å². The fraction of sp³-hybridized carbons (Fsp3) is 0.267. The van der Waals surface area contributed by atoms with Crippen LogP contribution in [0.4, 0.5) is 17.5 Å². The Hall–Kier alpha value is -4.12. The van der Waals surface area contributed by atoms with E-state index >= 15 is 0 Å². The van der Waals surface area contributed by atoms with E-state index in [0.717, 1.165) is 48.6 Å². The predicted octanol–water partition coefficient (Wildman–Crippen LogP) is 5.87. The van der Waals surface area contributed by atoms with Crippen LogP contribution in [0.5, 0.6) is 0 Å². The zero-order valence-electron chi connectivity index (χ0n) is 23.4. The van der Waals surface area contributed by atoms with E-state index < -0.39 is 0 Å². The minimum Gasteiger partial charge on any atom is -0.457 e. The first-order valence-electron chi connectivity index (χ1n) is 13.6. The van der Waals surface area contributed by atoms with E-state index in [1.165, 1.54) is 0 Å². The second-order valence-electron chi connectivity index (χ2n) is 10.3. The van der Waals surface area contributed by atoms with Crippen LogP contribution in [0, 0.1) is 24.2 Å². The van der Waals surface area contributed by atoms with Gasteiger partial charge in [0.15, 0.2) is 0 Å². The summed E-state index contributed by atoms with van der Waals surface area (Å²) >= 11 is 12.1. The number of aryl methyl sites for hydroxylation is 1. The average Bonchev–Trinajstić information content (AvgIpc) is 3.55. The molecular weight excluding hydrogens is 573 g/mol. The molecular formula is C30H33Cl2N9O. The van der Waals surface area contributed by atoms with E-state index in [9.17, 15) is 0 Å². The molecule has 0 saturated carbocycles. The first kappa shape index (κ1) is 29.4. The van der Waals surface area contributed by atoms with Crippen molar-refractivity contribution in [3.05, 3.63) is 81.7 Å². The molecule has 0 bridgehead atoms. The molecule has 10 nitrogen and oxygen atoms in total. The number of nitrogens with zero attached hydrogens (tertiary/aromatic N) is 4. The fourth-order valence-electron chi connectivity index (χ4n) is 5.00. The lowest BCUT2D eigenvalue weighted by molar-refractivity contribution is 0.343. The molecule has 42 heavy (non-hydrogen) atoms. The molecule has 4 aromatic rings. The number of nitrogens with two attached hydrogens (primary N) is 2. The summed E-state index contributed by atoms with van der Waals surface area (Å²) in [7, 11) is 0. The van der Waals surface area contributed by atoms with Crippen LogP contribution in [0.15, 0.2) is 64.0 Å². The van der Waals surface area contributed by atoms with Crippen molar-refractivity contribution in [3.63, 3.8) is 0 Å². The molecule has 2 unspecified atom stereocenters. The lowest BCUT2D eigenvalue weighted by atomic mass is 9.95. The van der Waals surface area contributed by atoms with E-state index in [1.54, 1.807) is 24.3 Å². The molecule has 0 spiro atoms. The maximum absolute atomic E-state index is 7.67. The number of guanidine groups is 1. The molecule has 1 aliphatic rings. The number of halogens is 2. The second-order valence-corrected chi connectivity index (χ2v) is 11.1. The number of nitrogens with one attached hydrogen (secondary N) is 3. The summed E-state index contributed by atoms with van der Waals surface area (Å²) in [6.07, 6.45) is 4.26. The number of amidine groups is 1. The number of fused-ring (bicyclic) bond motifs is 1. The summed E-state index contributed by atoms with van der Waals surface area (Å²) in [5.74, 6) is 2.56. The largest absolute Gasteiger partial charge is 0.457 e. The van der Waals surface area contributed by atoms with Crippen LogP contribution in [0.3, 0.4) is 0 Å². The van der Waals surface area contributed by atoms with Crippen molar-refractivity contribution in [2.24, 2.45) is 28.3 Å². The van der Waals surface area contributed by atoms with Crippen molar-refractivity contribution < 1.29 is 4.42 Å². The Bertz CT molecular complexity index is 1670. The number of anilines is 2. The van der Waals surface area contributed by atoms with Gasteiger partial charge in [-0.15, -0.1) is 0 Å². The van der Waals surface area contributed by atoms with Crippen molar-refractivity contribution in [2.75, 3.05) is 36.8 Å². The van der Waals surface area contributed by atoms with E-state index in [2.05, 4.69) is 43.5 Å². The zero-order valence-corrected chi connectivity index (χ0v) is 24.9. The van der Waals surface area contributed by atoms with Crippen LogP contribution in [-0.4, -0.2) is 52.8 Å². The minimum atomic E-state index is 0.0392. The molecule has 1 fully saturated rings. The summed E-state index contributed by atoms with van der Waals surface area (Å²) < 4.78 is 6.00. The van der Waals surface area contributed by atoms with Crippen LogP contribution >= 0.6 is 23.2 Å². The SMILES string of the molecule is CCN1CC(C=Cc2cc3cc(C(=N)N)ccc3o2)C(CNc2cc(C)nc(/N=C(\N)Nc3ccc(Cl)c(Cl)c3)n2)C1. The standard InChI is InChI=1S/C30H33Cl2N9O/c1-3-41-15-19(4-7-23-12-20-11-18(28(33)34)5-9-26(20)42-23)21(16-41)14-36-27-10-17(2)37-30(39-27)40-29(35)38-22-6-8-24(31)25(32)13-22/h4-13,19,21H,3,14-16H2,1-2H3,(H3,33,34)(H4,35,36,37,38,39,40). The van der Waals surface area contributed by atoms with Crippen molar-refractivity contribution in [1.82, 2.24) is 14.9 Å². The lowest BCUT2D eigenvalue weighted by Crippen LogP contribution is -2.23. The van der Waals surface area contributed by atoms with Gasteiger partial charge in [0.1, 0.15) is 23.0 Å². The van der Waals surface area contributed by atoms with E-state index in [0.29, 0.717) is 38.9 Å². The summed E-state index contributed by atoms with van der Waals surface area (Å²) in [5.41, 5.74) is 14.6. The number of rotatable bonds is 9. The maximum atomic E-state index is 7.67. The zero-order chi connectivity index (χ0) is 29.8. The summed E-state index contributed by atoms with van der Waals surface area (Å²) in [5, 5.41) is 15.9. The molecule has 2 aromatic carbocycles. The van der Waals surface area contributed by atoms with Crippen LogP contribution in [0.2, 0.25) is 10.0 Å². The lowest BCUT2D eigenvalue weighted by Gasteiger charge is -2.17. The Kier molecular flexibility index (Phi) is 8.96. The van der Waals surface area contributed by atoms with Gasteiger partial charge in [-0.3, -0.25) is 5.41 Å². The molecule has 3 heterocycles. The monoisotopic (exact) mass is 605 g/mol. The third-order valence-corrected chi connectivity index (χ3v) is 7.91. The number of hydrogen-bond donors (Lipinski definition) is 5. The number of nitrogen functional groups attached to an aromatic ring is 1. The molecule has 218 valence electrons. The molecule has 5 rings (SSSR count). The molecule has 1 saturated heterocycles. The van der Waals surface area contributed by atoms with Gasteiger partial charge in [-0.05, 0) is 73.8 Å². The fourth-order valence-corrected chi connectivity index (χ4v) is 5.30. The molecule has 7 N–H and O–H groups in total. The smallest absolute Gasteiger partial charge is 0.254 e. The number of benzene rings is 2. The van der Waals surface area contributed by atoms with Crippen LogP contribution in [0.25, 0.3) is 17.0 Å². The van der Waals surface area contributed by atoms with Gasteiger partial charge in [0.2, 0.25) is 5.96 Å². The predicted molar refractivity (Wildman–Crippen MR) is 172 cm³/mol. The third-order valence-electron chi connectivity index (χ3n) is 7.17.